The number of imide groups is 1. The van der Waals surface area contributed by atoms with Gasteiger partial charge in [0.15, 0.2) is 0 Å². The minimum absolute atomic E-state index is 0.0294. The number of fused-ring (bicyclic) bond motifs is 2. The fraction of sp³-hybridized carbons (Fsp3) is 0.174. The molecule has 1 heterocycles. The molecular weight excluding hydrogens is 370 g/mol. The summed E-state index contributed by atoms with van der Waals surface area (Å²) in [7, 11) is 0. The smallest absolute Gasteiger partial charge is 0.310 e. The summed E-state index contributed by atoms with van der Waals surface area (Å²) in [4.78, 5) is 38.8. The number of anilines is 1. The van der Waals surface area contributed by atoms with Gasteiger partial charge in [-0.15, -0.1) is 0 Å². The maximum absolute atomic E-state index is 13.1. The average molecular weight is 389 g/mol. The standard InChI is InChI=1S/C23H19NO5/c1-3-29-18(25)12-14-8-10-15(11-9-14)24-22(27)19-13(2)16-6-4-5-7-17(16)21(26)20(19)23(24)28/h4-11,26H,3,12H2,1-2H3. The molecule has 0 unspecified atom stereocenters. The number of amides is 2. The Balaban J connectivity index is 1.73. The van der Waals surface area contributed by atoms with Gasteiger partial charge in [0, 0.05) is 5.39 Å². The van der Waals surface area contributed by atoms with E-state index in [1.54, 1.807) is 50.2 Å². The van der Waals surface area contributed by atoms with E-state index in [9.17, 15) is 19.5 Å². The Morgan fingerprint density at radius 2 is 1.59 bits per heavy atom. The highest BCUT2D eigenvalue weighted by Crippen LogP contribution is 2.41. The highest BCUT2D eigenvalue weighted by molar-refractivity contribution is 6.37. The lowest BCUT2D eigenvalue weighted by Gasteiger charge is -2.14. The van der Waals surface area contributed by atoms with Crippen molar-refractivity contribution in [3.63, 3.8) is 0 Å². The number of aryl methyl sites for hydroxylation is 1. The number of nitrogens with zero attached hydrogens (tertiary/aromatic N) is 1. The molecule has 1 N–H and O–H groups in total. The van der Waals surface area contributed by atoms with E-state index in [1.807, 2.05) is 12.1 Å². The summed E-state index contributed by atoms with van der Waals surface area (Å²) in [6.45, 7) is 3.82. The number of esters is 1. The molecule has 1 aliphatic heterocycles. The maximum atomic E-state index is 13.1. The van der Waals surface area contributed by atoms with E-state index in [0.717, 1.165) is 10.3 Å². The molecule has 0 spiro atoms. The van der Waals surface area contributed by atoms with Crippen LogP contribution in [0.4, 0.5) is 5.69 Å². The number of hydrogen-bond donors (Lipinski definition) is 1. The van der Waals surface area contributed by atoms with Crippen LogP contribution in [0.5, 0.6) is 5.75 Å². The summed E-state index contributed by atoms with van der Waals surface area (Å²) >= 11 is 0. The number of phenols is 1. The molecule has 0 saturated carbocycles. The van der Waals surface area contributed by atoms with Crippen molar-refractivity contribution in [2.75, 3.05) is 11.5 Å². The van der Waals surface area contributed by atoms with Gasteiger partial charge < -0.3 is 9.84 Å². The van der Waals surface area contributed by atoms with Crippen molar-refractivity contribution < 1.29 is 24.2 Å². The monoisotopic (exact) mass is 389 g/mol. The average Bonchev–Trinajstić information content (AvgIpc) is 2.98. The second-order valence-corrected chi connectivity index (χ2v) is 6.86. The van der Waals surface area contributed by atoms with Gasteiger partial charge in [-0.3, -0.25) is 14.4 Å². The van der Waals surface area contributed by atoms with E-state index in [0.29, 0.717) is 28.8 Å². The van der Waals surface area contributed by atoms with Crippen LogP contribution in [-0.2, 0) is 16.0 Å². The van der Waals surface area contributed by atoms with Gasteiger partial charge in [0.25, 0.3) is 11.8 Å². The van der Waals surface area contributed by atoms with Gasteiger partial charge in [0.05, 0.1) is 29.8 Å². The normalized spacial score (nSPS) is 13.1. The van der Waals surface area contributed by atoms with E-state index in [4.69, 9.17) is 4.74 Å². The summed E-state index contributed by atoms with van der Waals surface area (Å²) < 4.78 is 4.93. The number of rotatable bonds is 4. The van der Waals surface area contributed by atoms with Crippen molar-refractivity contribution in [3.8, 4) is 5.75 Å². The van der Waals surface area contributed by atoms with Crippen LogP contribution in [0.2, 0.25) is 0 Å². The Bertz CT molecular complexity index is 1100. The summed E-state index contributed by atoms with van der Waals surface area (Å²) in [5, 5.41) is 12.0. The molecule has 146 valence electrons. The third-order valence-corrected chi connectivity index (χ3v) is 5.13. The van der Waals surface area contributed by atoms with Gasteiger partial charge in [-0.1, -0.05) is 36.4 Å². The number of aromatic hydroxyl groups is 1. The van der Waals surface area contributed by atoms with Crippen molar-refractivity contribution in [2.24, 2.45) is 0 Å². The summed E-state index contributed by atoms with van der Waals surface area (Å²) in [5.74, 6) is -1.55. The molecule has 6 nitrogen and oxygen atoms in total. The lowest BCUT2D eigenvalue weighted by molar-refractivity contribution is -0.142. The Labute approximate surface area is 167 Å². The maximum Gasteiger partial charge on any atom is 0.310 e. The number of phenolic OH excluding ortho intramolecular Hbond substituents is 1. The van der Waals surface area contributed by atoms with Crippen LogP contribution in [0.3, 0.4) is 0 Å². The lowest BCUT2D eigenvalue weighted by atomic mass is 9.95. The van der Waals surface area contributed by atoms with Crippen LogP contribution in [0.25, 0.3) is 10.8 Å². The first-order valence-electron chi connectivity index (χ1n) is 9.31. The Hall–Kier alpha value is -3.67. The second kappa shape index (κ2) is 7.05. The first-order valence-corrected chi connectivity index (χ1v) is 9.31. The molecule has 4 rings (SSSR count). The zero-order valence-corrected chi connectivity index (χ0v) is 16.1. The van der Waals surface area contributed by atoms with Crippen molar-refractivity contribution in [1.82, 2.24) is 0 Å². The van der Waals surface area contributed by atoms with Crippen LogP contribution in [0.1, 0.15) is 38.8 Å². The minimum atomic E-state index is -0.561. The van der Waals surface area contributed by atoms with Crippen LogP contribution in [0.15, 0.2) is 48.5 Å². The molecule has 0 radical (unpaired) electrons. The highest BCUT2D eigenvalue weighted by atomic mass is 16.5. The largest absolute Gasteiger partial charge is 0.506 e. The van der Waals surface area contributed by atoms with Gasteiger partial charge >= 0.3 is 5.97 Å². The molecule has 2 amide bonds. The number of carbonyl (C=O) groups excluding carboxylic acids is 3. The lowest BCUT2D eigenvalue weighted by Crippen LogP contribution is -2.29. The Morgan fingerprint density at radius 1 is 0.966 bits per heavy atom. The molecule has 0 fully saturated rings. The summed E-state index contributed by atoms with van der Waals surface area (Å²) in [6, 6.07) is 13.7. The third kappa shape index (κ3) is 2.93. The molecule has 3 aromatic rings. The minimum Gasteiger partial charge on any atom is -0.506 e. The van der Waals surface area contributed by atoms with E-state index in [2.05, 4.69) is 0 Å². The first kappa shape index (κ1) is 18.7. The molecule has 0 bridgehead atoms. The summed E-state index contributed by atoms with van der Waals surface area (Å²) in [6.07, 6.45) is 0.113. The predicted octanol–water partition coefficient (Wildman–Crippen LogP) is 3.76. The zero-order chi connectivity index (χ0) is 20.7. The highest BCUT2D eigenvalue weighted by Gasteiger charge is 2.41. The van der Waals surface area contributed by atoms with Crippen LogP contribution >= 0.6 is 0 Å². The SMILES string of the molecule is CCOC(=O)Cc1ccc(N2C(=O)c3c(c(O)c4ccccc4c3C)C2=O)cc1. The van der Waals surface area contributed by atoms with Crippen molar-refractivity contribution in [1.29, 1.82) is 0 Å². The van der Waals surface area contributed by atoms with Crippen LogP contribution in [0, 0.1) is 6.92 Å². The van der Waals surface area contributed by atoms with Gasteiger partial charge in [0.1, 0.15) is 5.75 Å². The molecule has 29 heavy (non-hydrogen) atoms. The van der Waals surface area contributed by atoms with Gasteiger partial charge in [0.2, 0.25) is 0 Å². The molecule has 6 heteroatoms. The Morgan fingerprint density at radius 3 is 2.24 bits per heavy atom. The zero-order valence-electron chi connectivity index (χ0n) is 16.1. The number of hydrogen-bond acceptors (Lipinski definition) is 5. The molecule has 3 aromatic carbocycles. The van der Waals surface area contributed by atoms with Crippen molar-refractivity contribution in [3.05, 3.63) is 70.8 Å². The molecular formula is C23H19NO5. The molecule has 0 saturated heterocycles. The fourth-order valence-corrected chi connectivity index (χ4v) is 3.76. The van der Waals surface area contributed by atoms with E-state index in [1.165, 1.54) is 0 Å². The van der Waals surface area contributed by atoms with Gasteiger partial charge in [-0.05, 0) is 42.5 Å². The number of benzene rings is 3. The third-order valence-electron chi connectivity index (χ3n) is 5.13. The predicted molar refractivity (Wildman–Crippen MR) is 108 cm³/mol. The van der Waals surface area contributed by atoms with Gasteiger partial charge in [-0.25, -0.2) is 4.90 Å². The van der Waals surface area contributed by atoms with Crippen molar-refractivity contribution in [2.45, 2.75) is 20.3 Å². The van der Waals surface area contributed by atoms with E-state index in [-0.39, 0.29) is 29.3 Å². The first-order chi connectivity index (χ1) is 13.9. The Kier molecular flexibility index (Phi) is 4.54. The topological polar surface area (TPSA) is 83.9 Å². The van der Waals surface area contributed by atoms with E-state index < -0.39 is 11.8 Å². The van der Waals surface area contributed by atoms with Crippen molar-refractivity contribution >= 4 is 34.2 Å². The summed E-state index contributed by atoms with van der Waals surface area (Å²) in [5.41, 5.74) is 2.01. The number of ether oxygens (including phenoxy) is 1. The van der Waals surface area contributed by atoms with Crippen LogP contribution < -0.4 is 4.90 Å². The van der Waals surface area contributed by atoms with Gasteiger partial charge in [-0.2, -0.15) is 0 Å². The molecule has 0 aromatic heterocycles. The van der Waals surface area contributed by atoms with Crippen LogP contribution in [-0.4, -0.2) is 29.5 Å². The second-order valence-electron chi connectivity index (χ2n) is 6.86. The molecule has 0 atom stereocenters. The fourth-order valence-electron chi connectivity index (χ4n) is 3.76. The molecule has 0 aliphatic carbocycles. The molecule has 1 aliphatic rings. The number of carbonyl (C=O) groups is 3. The quantitative estimate of drug-likeness (QED) is 0.543. The van der Waals surface area contributed by atoms with E-state index >= 15 is 0 Å².